The van der Waals surface area contributed by atoms with Crippen LogP contribution in [0.15, 0.2) is 30.3 Å². The fraction of sp³-hybridized carbons (Fsp3) is 0.500. The molecule has 1 heterocycles. The van der Waals surface area contributed by atoms with Gasteiger partial charge in [0.25, 0.3) is 0 Å². The summed E-state index contributed by atoms with van der Waals surface area (Å²) in [7, 11) is 5.59. The number of anilines is 2. The summed E-state index contributed by atoms with van der Waals surface area (Å²) < 4.78 is 5.23. The van der Waals surface area contributed by atoms with Gasteiger partial charge in [0, 0.05) is 44.4 Å². The van der Waals surface area contributed by atoms with Gasteiger partial charge in [-0.15, -0.1) is 0 Å². The van der Waals surface area contributed by atoms with Crippen molar-refractivity contribution in [1.29, 1.82) is 0 Å². The predicted molar refractivity (Wildman–Crippen MR) is 115 cm³/mol. The van der Waals surface area contributed by atoms with Crippen LogP contribution in [-0.2, 0) is 11.3 Å². The van der Waals surface area contributed by atoms with Gasteiger partial charge in [0.05, 0.1) is 7.11 Å². The molecule has 7 heteroatoms. The van der Waals surface area contributed by atoms with Gasteiger partial charge in [-0.1, -0.05) is 12.1 Å². The number of carbonyl (C=O) groups is 1. The average molecular weight is 398 g/mol. The summed E-state index contributed by atoms with van der Waals surface area (Å²) in [6, 6.07) is 10.0. The lowest BCUT2D eigenvalue weighted by Crippen LogP contribution is -2.36. The van der Waals surface area contributed by atoms with Crippen LogP contribution in [0, 0.1) is 12.8 Å². The molecule has 0 bridgehead atoms. The highest BCUT2D eigenvalue weighted by Crippen LogP contribution is 2.27. The smallest absolute Gasteiger partial charge is 0.225 e. The molecule has 1 fully saturated rings. The Labute approximate surface area is 172 Å². The third kappa shape index (κ3) is 5.82. The van der Waals surface area contributed by atoms with Gasteiger partial charge in [0.15, 0.2) is 0 Å². The maximum atomic E-state index is 12.6. The number of hydrogen-bond acceptors (Lipinski definition) is 6. The molecule has 2 aromatic rings. The molecular weight excluding hydrogens is 366 g/mol. The molecule has 1 aromatic heterocycles. The van der Waals surface area contributed by atoms with Crippen molar-refractivity contribution in [3.63, 3.8) is 0 Å². The Hall–Kier alpha value is -2.83. The van der Waals surface area contributed by atoms with E-state index in [1.807, 2.05) is 56.3 Å². The number of carbonyl (C=O) groups excluding carboxylic acids is 1. The van der Waals surface area contributed by atoms with Gasteiger partial charge in [0.1, 0.15) is 11.6 Å². The van der Waals surface area contributed by atoms with Crippen LogP contribution in [0.5, 0.6) is 5.75 Å². The third-order valence-electron chi connectivity index (χ3n) is 5.33. The van der Waals surface area contributed by atoms with Gasteiger partial charge in [-0.25, -0.2) is 4.98 Å². The molecule has 0 aliphatic heterocycles. The summed E-state index contributed by atoms with van der Waals surface area (Å²) in [5.74, 6) is 2.56. The van der Waals surface area contributed by atoms with Crippen molar-refractivity contribution >= 4 is 17.7 Å². The highest BCUT2D eigenvalue weighted by Gasteiger charge is 2.26. The highest BCUT2D eigenvalue weighted by atomic mass is 16.5. The third-order valence-corrected chi connectivity index (χ3v) is 5.33. The van der Waals surface area contributed by atoms with Crippen molar-refractivity contribution in [3.05, 3.63) is 41.6 Å². The Balaban J connectivity index is 1.48. The van der Waals surface area contributed by atoms with E-state index in [4.69, 9.17) is 4.74 Å². The van der Waals surface area contributed by atoms with E-state index in [-0.39, 0.29) is 11.8 Å². The molecule has 0 saturated heterocycles. The maximum absolute atomic E-state index is 12.6. The fourth-order valence-electron chi connectivity index (χ4n) is 3.64. The predicted octanol–water partition coefficient (Wildman–Crippen LogP) is 3.15. The Morgan fingerprint density at radius 2 is 1.93 bits per heavy atom. The number of hydrogen-bond donors (Lipinski definition) is 2. The van der Waals surface area contributed by atoms with E-state index < -0.39 is 0 Å². The number of nitrogens with zero attached hydrogens (tertiary/aromatic N) is 3. The number of aromatic nitrogens is 2. The lowest BCUT2D eigenvalue weighted by molar-refractivity contribution is -0.126. The Morgan fingerprint density at radius 1 is 1.17 bits per heavy atom. The van der Waals surface area contributed by atoms with E-state index in [2.05, 4.69) is 20.6 Å². The molecule has 7 nitrogen and oxygen atoms in total. The quantitative estimate of drug-likeness (QED) is 0.747. The summed E-state index contributed by atoms with van der Waals surface area (Å²) >= 11 is 0. The van der Waals surface area contributed by atoms with Crippen molar-refractivity contribution in [2.75, 3.05) is 31.4 Å². The van der Waals surface area contributed by atoms with Crippen molar-refractivity contribution in [2.45, 2.75) is 45.2 Å². The fourth-order valence-corrected chi connectivity index (χ4v) is 3.64. The van der Waals surface area contributed by atoms with E-state index in [9.17, 15) is 4.79 Å². The SMILES string of the molecule is COc1cccc(CNC(=O)[C@H]2CC[C@@H](Nc3nc(C)cc(N(C)C)n3)CC2)c1. The van der Waals surface area contributed by atoms with Crippen molar-refractivity contribution in [1.82, 2.24) is 15.3 Å². The van der Waals surface area contributed by atoms with E-state index >= 15 is 0 Å². The first kappa shape index (κ1) is 20.9. The van der Waals surface area contributed by atoms with E-state index in [0.717, 1.165) is 48.5 Å². The second-order valence-electron chi connectivity index (χ2n) is 7.85. The van der Waals surface area contributed by atoms with Crippen molar-refractivity contribution in [2.24, 2.45) is 5.92 Å². The summed E-state index contributed by atoms with van der Waals surface area (Å²) in [5, 5.41) is 6.52. The summed E-state index contributed by atoms with van der Waals surface area (Å²) in [5.41, 5.74) is 1.98. The minimum atomic E-state index is 0.0643. The number of ether oxygens (including phenoxy) is 1. The Morgan fingerprint density at radius 3 is 2.62 bits per heavy atom. The molecule has 1 aliphatic carbocycles. The number of methoxy groups -OCH3 is 1. The van der Waals surface area contributed by atoms with Crippen LogP contribution < -0.4 is 20.3 Å². The first-order valence-electron chi connectivity index (χ1n) is 10.1. The lowest BCUT2D eigenvalue weighted by atomic mass is 9.85. The largest absolute Gasteiger partial charge is 0.497 e. The van der Waals surface area contributed by atoms with Crippen molar-refractivity contribution < 1.29 is 9.53 Å². The molecule has 29 heavy (non-hydrogen) atoms. The molecule has 156 valence electrons. The van der Waals surface area contributed by atoms with Crippen molar-refractivity contribution in [3.8, 4) is 5.75 Å². The molecule has 0 spiro atoms. The summed E-state index contributed by atoms with van der Waals surface area (Å²) in [4.78, 5) is 23.6. The zero-order valence-electron chi connectivity index (χ0n) is 17.7. The standard InChI is InChI=1S/C22H31N5O2/c1-15-12-20(27(2)3)26-22(24-15)25-18-10-8-17(9-11-18)21(28)23-14-16-6-5-7-19(13-16)29-4/h5-7,12-13,17-18H,8-11,14H2,1-4H3,(H,23,28)(H,24,25,26)/t17-,18+. The number of benzene rings is 1. The molecule has 0 unspecified atom stereocenters. The minimum Gasteiger partial charge on any atom is -0.497 e. The second kappa shape index (κ2) is 9.58. The van der Waals surface area contributed by atoms with Gasteiger partial charge in [-0.3, -0.25) is 4.79 Å². The van der Waals surface area contributed by atoms with Crippen LogP contribution in [0.3, 0.4) is 0 Å². The Bertz CT molecular complexity index is 832. The van der Waals surface area contributed by atoms with Crippen LogP contribution in [0.4, 0.5) is 11.8 Å². The normalized spacial score (nSPS) is 18.8. The molecule has 0 atom stereocenters. The number of amides is 1. The van der Waals surface area contributed by atoms with E-state index in [1.54, 1.807) is 7.11 Å². The monoisotopic (exact) mass is 397 g/mol. The topological polar surface area (TPSA) is 79.4 Å². The minimum absolute atomic E-state index is 0.0643. The van der Waals surface area contributed by atoms with E-state index in [0.29, 0.717) is 18.5 Å². The molecule has 1 aliphatic rings. The van der Waals surface area contributed by atoms with Crippen LogP contribution in [-0.4, -0.2) is 43.1 Å². The number of nitrogens with one attached hydrogen (secondary N) is 2. The summed E-state index contributed by atoms with van der Waals surface area (Å²) in [6.45, 7) is 2.50. The molecular formula is C22H31N5O2. The van der Waals surface area contributed by atoms with E-state index in [1.165, 1.54) is 0 Å². The molecule has 1 amide bonds. The second-order valence-corrected chi connectivity index (χ2v) is 7.85. The van der Waals surface area contributed by atoms with Gasteiger partial charge in [-0.2, -0.15) is 4.98 Å². The molecule has 1 aromatic carbocycles. The lowest BCUT2D eigenvalue weighted by Gasteiger charge is -2.28. The average Bonchev–Trinajstić information content (AvgIpc) is 2.72. The van der Waals surface area contributed by atoms with Gasteiger partial charge < -0.3 is 20.3 Å². The van der Waals surface area contributed by atoms with Crippen LogP contribution >= 0.6 is 0 Å². The Kier molecular flexibility index (Phi) is 6.90. The first-order chi connectivity index (χ1) is 13.9. The van der Waals surface area contributed by atoms with Gasteiger partial charge in [0.2, 0.25) is 11.9 Å². The van der Waals surface area contributed by atoms with Crippen LogP contribution in [0.1, 0.15) is 36.9 Å². The van der Waals surface area contributed by atoms with Crippen LogP contribution in [0.25, 0.3) is 0 Å². The molecule has 3 rings (SSSR count). The maximum Gasteiger partial charge on any atom is 0.225 e. The molecule has 2 N–H and O–H groups in total. The molecule has 0 radical (unpaired) electrons. The highest BCUT2D eigenvalue weighted by molar-refractivity contribution is 5.78. The molecule has 1 saturated carbocycles. The van der Waals surface area contributed by atoms with Crippen LogP contribution in [0.2, 0.25) is 0 Å². The van der Waals surface area contributed by atoms with Gasteiger partial charge in [-0.05, 0) is 50.3 Å². The number of aryl methyl sites for hydroxylation is 1. The number of rotatable bonds is 7. The summed E-state index contributed by atoms with van der Waals surface area (Å²) in [6.07, 6.45) is 3.61. The zero-order valence-corrected chi connectivity index (χ0v) is 17.7. The zero-order chi connectivity index (χ0) is 20.8. The van der Waals surface area contributed by atoms with Gasteiger partial charge >= 0.3 is 0 Å². The first-order valence-corrected chi connectivity index (χ1v) is 10.1.